The van der Waals surface area contributed by atoms with E-state index in [1.54, 1.807) is 13.1 Å². The fourth-order valence-corrected chi connectivity index (χ4v) is 2.49. The smallest absolute Gasteiger partial charge is 0.274 e. The van der Waals surface area contributed by atoms with E-state index >= 15 is 0 Å². The summed E-state index contributed by atoms with van der Waals surface area (Å²) in [5, 5.41) is 3.32. The summed E-state index contributed by atoms with van der Waals surface area (Å²) in [5.41, 5.74) is 1.21. The van der Waals surface area contributed by atoms with Gasteiger partial charge in [0.05, 0.1) is 12.1 Å². The van der Waals surface area contributed by atoms with Gasteiger partial charge in [0.2, 0.25) is 5.95 Å². The Morgan fingerprint density at radius 2 is 2.20 bits per heavy atom. The SMILES string of the molecule is CC#CCn1c(N2CCNCC2)nc2cc[nH]c(=O)c21. The van der Waals surface area contributed by atoms with Crippen LogP contribution in [0.5, 0.6) is 0 Å². The highest BCUT2D eigenvalue weighted by Crippen LogP contribution is 2.20. The molecule has 0 amide bonds. The first-order chi connectivity index (χ1) is 9.81. The van der Waals surface area contributed by atoms with Gasteiger partial charge in [-0.2, -0.15) is 0 Å². The van der Waals surface area contributed by atoms with Crippen LogP contribution in [-0.2, 0) is 6.54 Å². The molecule has 0 unspecified atom stereocenters. The number of aromatic nitrogens is 3. The second-order valence-corrected chi connectivity index (χ2v) is 4.70. The quantitative estimate of drug-likeness (QED) is 0.764. The van der Waals surface area contributed by atoms with Crippen LogP contribution < -0.4 is 15.8 Å². The van der Waals surface area contributed by atoms with Gasteiger partial charge in [-0.3, -0.25) is 9.36 Å². The maximum atomic E-state index is 12.1. The van der Waals surface area contributed by atoms with Crippen molar-refractivity contribution < 1.29 is 0 Å². The van der Waals surface area contributed by atoms with Crippen molar-refractivity contribution in [2.75, 3.05) is 31.1 Å². The first kappa shape index (κ1) is 12.8. The van der Waals surface area contributed by atoms with Crippen molar-refractivity contribution in [3.05, 3.63) is 22.6 Å². The fraction of sp³-hybridized carbons (Fsp3) is 0.429. The Hall–Kier alpha value is -2.26. The van der Waals surface area contributed by atoms with Crippen LogP contribution in [0.3, 0.4) is 0 Å². The first-order valence-electron chi connectivity index (χ1n) is 6.74. The molecular formula is C14H17N5O. The Morgan fingerprint density at radius 3 is 2.95 bits per heavy atom. The lowest BCUT2D eigenvalue weighted by Crippen LogP contribution is -2.44. The van der Waals surface area contributed by atoms with Crippen LogP contribution >= 0.6 is 0 Å². The maximum Gasteiger partial charge on any atom is 0.274 e. The summed E-state index contributed by atoms with van der Waals surface area (Å²) >= 11 is 0. The summed E-state index contributed by atoms with van der Waals surface area (Å²) in [6, 6.07) is 1.83. The maximum absolute atomic E-state index is 12.1. The van der Waals surface area contributed by atoms with E-state index in [0.717, 1.165) is 37.6 Å². The van der Waals surface area contributed by atoms with Gasteiger partial charge in [0.1, 0.15) is 5.52 Å². The molecule has 20 heavy (non-hydrogen) atoms. The van der Waals surface area contributed by atoms with Gasteiger partial charge in [0.25, 0.3) is 5.56 Å². The molecule has 2 aromatic heterocycles. The number of anilines is 1. The molecule has 3 heterocycles. The van der Waals surface area contributed by atoms with Crippen molar-refractivity contribution >= 4 is 17.0 Å². The van der Waals surface area contributed by atoms with E-state index in [1.165, 1.54) is 0 Å². The van der Waals surface area contributed by atoms with Gasteiger partial charge in [0, 0.05) is 32.4 Å². The summed E-state index contributed by atoms with van der Waals surface area (Å²) < 4.78 is 1.91. The molecule has 3 rings (SSSR count). The minimum absolute atomic E-state index is 0.116. The Labute approximate surface area is 116 Å². The number of hydrogen-bond donors (Lipinski definition) is 2. The lowest BCUT2D eigenvalue weighted by molar-refractivity contribution is 0.573. The summed E-state index contributed by atoms with van der Waals surface area (Å²) in [6.07, 6.45) is 1.63. The van der Waals surface area contributed by atoms with E-state index in [-0.39, 0.29) is 5.56 Å². The summed E-state index contributed by atoms with van der Waals surface area (Å²) in [4.78, 5) is 21.6. The molecule has 0 spiro atoms. The van der Waals surface area contributed by atoms with E-state index in [9.17, 15) is 4.79 Å². The first-order valence-corrected chi connectivity index (χ1v) is 6.74. The third-order valence-electron chi connectivity index (χ3n) is 3.46. The topological polar surface area (TPSA) is 66.0 Å². The van der Waals surface area contributed by atoms with Gasteiger partial charge in [-0.1, -0.05) is 5.92 Å². The van der Waals surface area contributed by atoms with Gasteiger partial charge in [0.15, 0.2) is 0 Å². The number of nitrogens with one attached hydrogen (secondary N) is 2. The number of rotatable bonds is 2. The van der Waals surface area contributed by atoms with Gasteiger partial charge in [-0.25, -0.2) is 4.98 Å². The monoisotopic (exact) mass is 271 g/mol. The predicted octanol–water partition coefficient (Wildman–Crippen LogP) is 0.157. The molecule has 0 atom stereocenters. The molecule has 6 nitrogen and oxygen atoms in total. The second-order valence-electron chi connectivity index (χ2n) is 4.70. The van der Waals surface area contributed by atoms with Crippen molar-refractivity contribution in [2.24, 2.45) is 0 Å². The minimum Gasteiger partial charge on any atom is -0.340 e. The van der Waals surface area contributed by atoms with Gasteiger partial charge in [-0.15, -0.1) is 5.92 Å². The van der Waals surface area contributed by atoms with Crippen LogP contribution in [0.15, 0.2) is 17.1 Å². The van der Waals surface area contributed by atoms with E-state index in [0.29, 0.717) is 12.1 Å². The molecule has 1 saturated heterocycles. The fourth-order valence-electron chi connectivity index (χ4n) is 2.49. The minimum atomic E-state index is -0.116. The second kappa shape index (κ2) is 5.39. The van der Waals surface area contributed by atoms with E-state index < -0.39 is 0 Å². The average Bonchev–Trinajstić information content (AvgIpc) is 2.86. The van der Waals surface area contributed by atoms with E-state index in [2.05, 4.69) is 32.0 Å². The third kappa shape index (κ3) is 2.17. The Morgan fingerprint density at radius 1 is 1.40 bits per heavy atom. The van der Waals surface area contributed by atoms with Crippen LogP contribution in [-0.4, -0.2) is 40.7 Å². The molecule has 104 valence electrons. The van der Waals surface area contributed by atoms with Gasteiger partial charge < -0.3 is 15.2 Å². The molecule has 1 aliphatic rings. The molecule has 1 fully saturated rings. The molecule has 2 N–H and O–H groups in total. The Kier molecular flexibility index (Phi) is 3.44. The number of fused-ring (bicyclic) bond motifs is 1. The highest BCUT2D eigenvalue weighted by atomic mass is 16.1. The molecule has 2 aromatic rings. The molecule has 0 aromatic carbocycles. The van der Waals surface area contributed by atoms with Gasteiger partial charge >= 0.3 is 0 Å². The standard InChI is InChI=1S/C14H17N5O/c1-2-3-8-19-12-11(4-5-16-13(12)20)17-14(19)18-9-6-15-7-10-18/h4-5,15H,6-10H2,1H3,(H,16,20). The van der Waals surface area contributed by atoms with Crippen molar-refractivity contribution in [2.45, 2.75) is 13.5 Å². The number of hydrogen-bond acceptors (Lipinski definition) is 4. The van der Waals surface area contributed by atoms with E-state index in [4.69, 9.17) is 0 Å². The lowest BCUT2D eigenvalue weighted by Gasteiger charge is -2.28. The summed E-state index contributed by atoms with van der Waals surface area (Å²) in [5.74, 6) is 6.74. The number of H-pyrrole nitrogens is 1. The molecule has 1 aliphatic heterocycles. The lowest BCUT2D eigenvalue weighted by atomic mass is 10.4. The molecule has 0 radical (unpaired) electrons. The zero-order valence-electron chi connectivity index (χ0n) is 11.4. The number of aromatic amines is 1. The number of piperazine rings is 1. The number of nitrogens with zero attached hydrogens (tertiary/aromatic N) is 3. The number of pyridine rings is 1. The van der Waals surface area contributed by atoms with Crippen LogP contribution in [0.2, 0.25) is 0 Å². The van der Waals surface area contributed by atoms with Crippen molar-refractivity contribution in [1.82, 2.24) is 19.9 Å². The summed E-state index contributed by atoms with van der Waals surface area (Å²) in [7, 11) is 0. The third-order valence-corrected chi connectivity index (χ3v) is 3.46. The normalized spacial score (nSPS) is 15.2. The Balaban J connectivity index is 2.15. The van der Waals surface area contributed by atoms with Crippen LogP contribution in [0.1, 0.15) is 6.92 Å². The van der Waals surface area contributed by atoms with Crippen LogP contribution in [0.4, 0.5) is 5.95 Å². The largest absolute Gasteiger partial charge is 0.340 e. The molecule has 6 heteroatoms. The number of imidazole rings is 1. The predicted molar refractivity (Wildman–Crippen MR) is 78.9 cm³/mol. The Bertz CT molecular complexity index is 727. The molecule has 0 bridgehead atoms. The van der Waals surface area contributed by atoms with Crippen molar-refractivity contribution in [3.8, 4) is 11.8 Å². The highest BCUT2D eigenvalue weighted by molar-refractivity contribution is 5.77. The zero-order chi connectivity index (χ0) is 13.9. The summed E-state index contributed by atoms with van der Waals surface area (Å²) in [6.45, 7) is 5.92. The molecular weight excluding hydrogens is 254 g/mol. The molecule has 0 saturated carbocycles. The van der Waals surface area contributed by atoms with E-state index in [1.807, 2.05) is 10.6 Å². The van der Waals surface area contributed by atoms with Crippen molar-refractivity contribution in [3.63, 3.8) is 0 Å². The van der Waals surface area contributed by atoms with Crippen LogP contribution in [0.25, 0.3) is 11.0 Å². The highest BCUT2D eigenvalue weighted by Gasteiger charge is 2.19. The van der Waals surface area contributed by atoms with Crippen LogP contribution in [0, 0.1) is 11.8 Å². The zero-order valence-corrected chi connectivity index (χ0v) is 11.4. The molecule has 0 aliphatic carbocycles. The van der Waals surface area contributed by atoms with Gasteiger partial charge in [-0.05, 0) is 13.0 Å². The average molecular weight is 271 g/mol. The van der Waals surface area contributed by atoms with Crippen molar-refractivity contribution in [1.29, 1.82) is 0 Å².